The van der Waals surface area contributed by atoms with E-state index in [2.05, 4.69) is 27.9 Å². The summed E-state index contributed by atoms with van der Waals surface area (Å²) in [5.74, 6) is 0.291. The summed E-state index contributed by atoms with van der Waals surface area (Å²) in [6.45, 7) is 0.484. The zero-order valence-electron chi connectivity index (χ0n) is 14.9. The Morgan fingerprint density at radius 2 is 1.68 bits per heavy atom. The van der Waals surface area contributed by atoms with Crippen molar-refractivity contribution < 1.29 is 9.53 Å². The second-order valence-corrected chi connectivity index (χ2v) is 7.11. The SMILES string of the molecule is N#C/C(=C\c1ccc(OCc2ccccc2)cc1)C(=O)Nc1ccccc1I. The Morgan fingerprint density at radius 1 is 1.00 bits per heavy atom. The zero-order chi connectivity index (χ0) is 19.8. The van der Waals surface area contributed by atoms with E-state index in [4.69, 9.17) is 4.74 Å². The maximum absolute atomic E-state index is 12.4. The molecule has 0 aromatic heterocycles. The van der Waals surface area contributed by atoms with E-state index in [-0.39, 0.29) is 5.57 Å². The van der Waals surface area contributed by atoms with Crippen LogP contribution in [0.15, 0.2) is 84.4 Å². The van der Waals surface area contributed by atoms with Gasteiger partial charge in [-0.1, -0.05) is 54.6 Å². The van der Waals surface area contributed by atoms with Crippen molar-refractivity contribution >= 4 is 40.3 Å². The van der Waals surface area contributed by atoms with Crippen LogP contribution < -0.4 is 10.1 Å². The number of para-hydroxylation sites is 1. The van der Waals surface area contributed by atoms with Gasteiger partial charge in [-0.05, 0) is 64.1 Å². The lowest BCUT2D eigenvalue weighted by Crippen LogP contribution is -2.14. The maximum atomic E-state index is 12.4. The summed E-state index contributed by atoms with van der Waals surface area (Å²) in [6, 6.07) is 26.6. The van der Waals surface area contributed by atoms with Gasteiger partial charge < -0.3 is 10.1 Å². The predicted molar refractivity (Wildman–Crippen MR) is 119 cm³/mol. The molecule has 0 saturated heterocycles. The second kappa shape index (κ2) is 9.72. The number of nitriles is 1. The Hall–Kier alpha value is -3.11. The number of ether oxygens (including phenoxy) is 1. The molecule has 0 fully saturated rings. The molecule has 3 rings (SSSR count). The van der Waals surface area contributed by atoms with Crippen LogP contribution in [0.5, 0.6) is 5.75 Å². The van der Waals surface area contributed by atoms with Crippen molar-refractivity contribution in [1.29, 1.82) is 5.26 Å². The average molecular weight is 480 g/mol. The highest BCUT2D eigenvalue weighted by Crippen LogP contribution is 2.19. The van der Waals surface area contributed by atoms with Gasteiger partial charge in [0.05, 0.1) is 5.69 Å². The summed E-state index contributed by atoms with van der Waals surface area (Å²) in [6.07, 6.45) is 1.56. The van der Waals surface area contributed by atoms with E-state index in [0.29, 0.717) is 12.3 Å². The minimum Gasteiger partial charge on any atom is -0.489 e. The maximum Gasteiger partial charge on any atom is 0.266 e. The molecular formula is C23H17IN2O2. The largest absolute Gasteiger partial charge is 0.489 e. The number of nitrogens with zero attached hydrogens (tertiary/aromatic N) is 1. The van der Waals surface area contributed by atoms with E-state index in [0.717, 1.165) is 20.4 Å². The van der Waals surface area contributed by atoms with E-state index in [9.17, 15) is 10.1 Å². The van der Waals surface area contributed by atoms with Crippen molar-refractivity contribution in [2.75, 3.05) is 5.32 Å². The van der Waals surface area contributed by atoms with Crippen LogP contribution in [0.25, 0.3) is 6.08 Å². The third kappa shape index (κ3) is 5.44. The van der Waals surface area contributed by atoms with Gasteiger partial charge in [-0.25, -0.2) is 0 Å². The molecule has 0 heterocycles. The highest BCUT2D eigenvalue weighted by molar-refractivity contribution is 14.1. The number of hydrogen-bond acceptors (Lipinski definition) is 3. The van der Waals surface area contributed by atoms with Gasteiger partial charge >= 0.3 is 0 Å². The molecule has 0 bridgehead atoms. The number of rotatable bonds is 6. The molecule has 1 amide bonds. The summed E-state index contributed by atoms with van der Waals surface area (Å²) in [7, 11) is 0. The van der Waals surface area contributed by atoms with Crippen molar-refractivity contribution in [1.82, 2.24) is 0 Å². The molecule has 3 aromatic rings. The standard InChI is InChI=1S/C23H17IN2O2/c24-21-8-4-5-9-22(21)26-23(27)19(15-25)14-17-10-12-20(13-11-17)28-16-18-6-2-1-3-7-18/h1-14H,16H2,(H,26,27)/b19-14+. The molecule has 0 spiro atoms. The third-order valence-corrected chi connectivity index (χ3v) is 4.87. The van der Waals surface area contributed by atoms with Gasteiger partial charge in [0.15, 0.2) is 0 Å². The molecule has 28 heavy (non-hydrogen) atoms. The minimum atomic E-state index is -0.434. The highest BCUT2D eigenvalue weighted by Gasteiger charge is 2.11. The van der Waals surface area contributed by atoms with Crippen molar-refractivity contribution in [2.24, 2.45) is 0 Å². The monoisotopic (exact) mass is 480 g/mol. The zero-order valence-corrected chi connectivity index (χ0v) is 17.1. The molecule has 4 nitrogen and oxygen atoms in total. The fraction of sp³-hybridized carbons (Fsp3) is 0.0435. The number of hydrogen-bond donors (Lipinski definition) is 1. The second-order valence-electron chi connectivity index (χ2n) is 5.95. The molecule has 0 radical (unpaired) electrons. The lowest BCUT2D eigenvalue weighted by atomic mass is 10.1. The molecule has 138 valence electrons. The van der Waals surface area contributed by atoms with Gasteiger partial charge in [-0.2, -0.15) is 5.26 Å². The van der Waals surface area contributed by atoms with Crippen molar-refractivity contribution in [3.05, 3.63) is 99.1 Å². The Morgan fingerprint density at radius 3 is 2.36 bits per heavy atom. The molecule has 1 N–H and O–H groups in total. The molecule has 0 aliphatic rings. The lowest BCUT2D eigenvalue weighted by molar-refractivity contribution is -0.112. The number of amides is 1. The molecule has 5 heteroatoms. The van der Waals surface area contributed by atoms with E-state index in [1.807, 2.05) is 78.9 Å². The molecular weight excluding hydrogens is 463 g/mol. The minimum absolute atomic E-state index is 0.0395. The van der Waals surface area contributed by atoms with E-state index in [1.165, 1.54) is 0 Å². The number of halogens is 1. The van der Waals surface area contributed by atoms with Gasteiger partial charge in [-0.3, -0.25) is 4.79 Å². The first-order valence-corrected chi connectivity index (χ1v) is 9.68. The van der Waals surface area contributed by atoms with Gasteiger partial charge in [0.25, 0.3) is 5.91 Å². The first-order valence-electron chi connectivity index (χ1n) is 8.60. The van der Waals surface area contributed by atoms with E-state index >= 15 is 0 Å². The number of anilines is 1. The van der Waals surface area contributed by atoms with Crippen LogP contribution >= 0.6 is 22.6 Å². The number of benzene rings is 3. The molecule has 0 atom stereocenters. The summed E-state index contributed by atoms with van der Waals surface area (Å²) < 4.78 is 6.66. The van der Waals surface area contributed by atoms with Crippen molar-refractivity contribution in [2.45, 2.75) is 6.61 Å². The summed E-state index contributed by atoms with van der Waals surface area (Å²) in [5.41, 5.74) is 2.56. The normalized spacial score (nSPS) is 10.8. The summed E-state index contributed by atoms with van der Waals surface area (Å²) in [5, 5.41) is 12.1. The van der Waals surface area contributed by atoms with E-state index in [1.54, 1.807) is 12.1 Å². The molecule has 0 aliphatic heterocycles. The number of nitrogens with one attached hydrogen (secondary N) is 1. The van der Waals surface area contributed by atoms with Crippen LogP contribution in [0.4, 0.5) is 5.69 Å². The quantitative estimate of drug-likeness (QED) is 0.291. The van der Waals surface area contributed by atoms with Gasteiger partial charge in [0, 0.05) is 3.57 Å². The van der Waals surface area contributed by atoms with Crippen LogP contribution in [0, 0.1) is 14.9 Å². The summed E-state index contributed by atoms with van der Waals surface area (Å²) in [4.78, 5) is 12.4. The van der Waals surface area contributed by atoms with Crippen LogP contribution in [0.1, 0.15) is 11.1 Å². The fourth-order valence-electron chi connectivity index (χ4n) is 2.47. The first-order chi connectivity index (χ1) is 13.7. The number of carbonyl (C=O) groups is 1. The smallest absolute Gasteiger partial charge is 0.266 e. The molecule has 0 unspecified atom stereocenters. The van der Waals surface area contributed by atoms with Crippen molar-refractivity contribution in [3.63, 3.8) is 0 Å². The highest BCUT2D eigenvalue weighted by atomic mass is 127. The van der Waals surface area contributed by atoms with Crippen LogP contribution in [-0.4, -0.2) is 5.91 Å². The molecule has 0 saturated carbocycles. The third-order valence-electron chi connectivity index (χ3n) is 3.93. The Balaban J connectivity index is 1.66. The van der Waals surface area contributed by atoms with Crippen LogP contribution in [0.3, 0.4) is 0 Å². The first kappa shape index (κ1) is 19.6. The molecule has 0 aliphatic carbocycles. The molecule has 3 aromatic carbocycles. The lowest BCUT2D eigenvalue weighted by Gasteiger charge is -2.07. The predicted octanol–water partition coefficient (Wildman–Crippen LogP) is 5.42. The Labute approximate surface area is 177 Å². The van der Waals surface area contributed by atoms with Gasteiger partial charge in [0.1, 0.15) is 24.0 Å². The van der Waals surface area contributed by atoms with E-state index < -0.39 is 5.91 Å². The Bertz CT molecular complexity index is 1020. The van der Waals surface area contributed by atoms with Crippen LogP contribution in [-0.2, 0) is 11.4 Å². The van der Waals surface area contributed by atoms with Gasteiger partial charge in [-0.15, -0.1) is 0 Å². The average Bonchev–Trinajstić information content (AvgIpc) is 2.73. The summed E-state index contributed by atoms with van der Waals surface area (Å²) >= 11 is 2.14. The Kier molecular flexibility index (Phi) is 6.82. The fourth-order valence-corrected chi connectivity index (χ4v) is 2.99. The topological polar surface area (TPSA) is 62.1 Å². The van der Waals surface area contributed by atoms with Crippen molar-refractivity contribution in [3.8, 4) is 11.8 Å². The van der Waals surface area contributed by atoms with Crippen LogP contribution in [0.2, 0.25) is 0 Å². The van der Waals surface area contributed by atoms with Gasteiger partial charge in [0.2, 0.25) is 0 Å². The number of carbonyl (C=O) groups excluding carboxylic acids is 1.